The van der Waals surface area contributed by atoms with Crippen molar-refractivity contribution in [2.75, 3.05) is 0 Å². The number of benzene rings is 2. The summed E-state index contributed by atoms with van der Waals surface area (Å²) in [5.74, 6) is -0.0523. The van der Waals surface area contributed by atoms with Gasteiger partial charge >= 0.3 is 0 Å². The van der Waals surface area contributed by atoms with Gasteiger partial charge in [0.25, 0.3) is 5.91 Å². The Labute approximate surface area is 112 Å². The Kier molecular flexibility index (Phi) is 3.15. The van der Waals surface area contributed by atoms with Crippen molar-refractivity contribution in [3.63, 3.8) is 0 Å². The first-order valence-electron chi connectivity index (χ1n) is 6.49. The Morgan fingerprint density at radius 2 is 1.68 bits per heavy atom. The van der Waals surface area contributed by atoms with Crippen molar-refractivity contribution in [3.8, 4) is 0 Å². The molecule has 2 heteroatoms. The summed E-state index contributed by atoms with van der Waals surface area (Å²) < 4.78 is 0. The van der Waals surface area contributed by atoms with Crippen LogP contribution in [0, 0.1) is 0 Å². The van der Waals surface area contributed by atoms with E-state index in [1.807, 2.05) is 42.5 Å². The summed E-state index contributed by atoms with van der Waals surface area (Å²) in [6.07, 6.45) is 4.12. The van der Waals surface area contributed by atoms with E-state index in [1.165, 1.54) is 5.56 Å². The lowest BCUT2D eigenvalue weighted by molar-refractivity contribution is 0.0973. The van der Waals surface area contributed by atoms with Crippen molar-refractivity contribution in [2.45, 2.75) is 12.8 Å². The van der Waals surface area contributed by atoms with Gasteiger partial charge < -0.3 is 5.32 Å². The van der Waals surface area contributed by atoms with E-state index >= 15 is 0 Å². The topological polar surface area (TPSA) is 29.1 Å². The van der Waals surface area contributed by atoms with Crippen LogP contribution in [0.4, 0.5) is 0 Å². The lowest BCUT2D eigenvalue weighted by Gasteiger charge is -2.18. The van der Waals surface area contributed by atoms with Gasteiger partial charge in [0.15, 0.2) is 0 Å². The van der Waals surface area contributed by atoms with Gasteiger partial charge in [-0.15, -0.1) is 0 Å². The summed E-state index contributed by atoms with van der Waals surface area (Å²) in [5, 5.41) is 3.01. The molecule has 0 radical (unpaired) electrons. The molecule has 1 amide bonds. The van der Waals surface area contributed by atoms with E-state index in [-0.39, 0.29) is 5.91 Å². The fraction of sp³-hybridized carbons (Fsp3) is 0.118. The molecule has 2 aromatic carbocycles. The van der Waals surface area contributed by atoms with Crippen LogP contribution in [0.25, 0.3) is 5.70 Å². The van der Waals surface area contributed by atoms with E-state index in [1.54, 1.807) is 0 Å². The number of carbonyl (C=O) groups excluding carboxylic acids is 1. The van der Waals surface area contributed by atoms with Crippen LogP contribution in [0.2, 0.25) is 0 Å². The molecule has 0 atom stereocenters. The van der Waals surface area contributed by atoms with Crippen molar-refractivity contribution in [1.82, 2.24) is 5.32 Å². The molecule has 0 aliphatic heterocycles. The van der Waals surface area contributed by atoms with Gasteiger partial charge in [0.2, 0.25) is 0 Å². The second-order valence-corrected chi connectivity index (χ2v) is 4.63. The third-order valence-electron chi connectivity index (χ3n) is 3.35. The molecule has 1 aliphatic carbocycles. The normalized spacial score (nSPS) is 13.4. The molecule has 0 spiro atoms. The molecule has 1 aliphatic rings. The Hall–Kier alpha value is -2.35. The van der Waals surface area contributed by atoms with E-state index in [0.29, 0.717) is 5.56 Å². The Balaban J connectivity index is 1.85. The zero-order chi connectivity index (χ0) is 13.1. The van der Waals surface area contributed by atoms with E-state index < -0.39 is 0 Å². The van der Waals surface area contributed by atoms with Crippen LogP contribution >= 0.6 is 0 Å². The standard InChI is InChI=1S/C17H15NO/c19-17(14-8-2-1-3-9-14)18-16-12-6-10-13-7-4-5-11-15(13)16/h1-5,7-9,11-12H,6,10H2,(H,18,19). The van der Waals surface area contributed by atoms with Crippen LogP contribution in [0.1, 0.15) is 27.9 Å². The predicted octanol–water partition coefficient (Wildman–Crippen LogP) is 3.40. The van der Waals surface area contributed by atoms with E-state index in [2.05, 4.69) is 23.5 Å². The maximum atomic E-state index is 12.2. The number of hydrogen-bond acceptors (Lipinski definition) is 1. The smallest absolute Gasteiger partial charge is 0.255 e. The molecule has 3 rings (SSSR count). The third-order valence-corrected chi connectivity index (χ3v) is 3.35. The zero-order valence-electron chi connectivity index (χ0n) is 10.6. The molecular formula is C17H15NO. The van der Waals surface area contributed by atoms with Gasteiger partial charge in [-0.05, 0) is 30.5 Å². The monoisotopic (exact) mass is 249 g/mol. The molecule has 0 saturated carbocycles. The molecule has 0 aromatic heterocycles. The van der Waals surface area contributed by atoms with E-state index in [9.17, 15) is 4.79 Å². The van der Waals surface area contributed by atoms with Crippen LogP contribution in [0.15, 0.2) is 60.7 Å². The lowest BCUT2D eigenvalue weighted by Crippen LogP contribution is -2.23. The number of amides is 1. The largest absolute Gasteiger partial charge is 0.322 e. The highest BCUT2D eigenvalue weighted by molar-refractivity contribution is 5.99. The molecule has 19 heavy (non-hydrogen) atoms. The minimum Gasteiger partial charge on any atom is -0.322 e. The fourth-order valence-corrected chi connectivity index (χ4v) is 2.39. The van der Waals surface area contributed by atoms with Crippen LogP contribution in [0.5, 0.6) is 0 Å². The molecule has 0 fully saturated rings. The molecular weight excluding hydrogens is 234 g/mol. The first kappa shape index (κ1) is 11.7. The van der Waals surface area contributed by atoms with Gasteiger partial charge in [0, 0.05) is 16.8 Å². The summed E-state index contributed by atoms with van der Waals surface area (Å²) in [4.78, 5) is 12.2. The van der Waals surface area contributed by atoms with Crippen molar-refractivity contribution in [1.29, 1.82) is 0 Å². The lowest BCUT2D eigenvalue weighted by atomic mass is 9.94. The second-order valence-electron chi connectivity index (χ2n) is 4.63. The van der Waals surface area contributed by atoms with E-state index in [0.717, 1.165) is 24.1 Å². The molecule has 0 saturated heterocycles. The highest BCUT2D eigenvalue weighted by Gasteiger charge is 2.14. The SMILES string of the molecule is O=C(NC1=CCCc2ccccc21)c1ccccc1. The Morgan fingerprint density at radius 3 is 2.53 bits per heavy atom. The summed E-state index contributed by atoms with van der Waals surface area (Å²) in [5.41, 5.74) is 4.05. The highest BCUT2D eigenvalue weighted by atomic mass is 16.1. The quantitative estimate of drug-likeness (QED) is 0.868. The zero-order valence-corrected chi connectivity index (χ0v) is 10.6. The summed E-state index contributed by atoms with van der Waals surface area (Å²) >= 11 is 0. The third kappa shape index (κ3) is 2.43. The van der Waals surface area contributed by atoms with Crippen molar-refractivity contribution < 1.29 is 4.79 Å². The summed E-state index contributed by atoms with van der Waals surface area (Å²) in [7, 11) is 0. The van der Waals surface area contributed by atoms with Crippen molar-refractivity contribution >= 4 is 11.6 Å². The summed E-state index contributed by atoms with van der Waals surface area (Å²) in [6.45, 7) is 0. The molecule has 94 valence electrons. The van der Waals surface area contributed by atoms with Crippen LogP contribution in [-0.4, -0.2) is 5.91 Å². The number of allylic oxidation sites excluding steroid dienone is 1. The minimum atomic E-state index is -0.0523. The van der Waals surface area contributed by atoms with Gasteiger partial charge in [-0.3, -0.25) is 4.79 Å². The first-order chi connectivity index (χ1) is 9.34. The molecule has 0 bridgehead atoms. The van der Waals surface area contributed by atoms with Crippen molar-refractivity contribution in [2.24, 2.45) is 0 Å². The Morgan fingerprint density at radius 1 is 0.947 bits per heavy atom. The van der Waals surface area contributed by atoms with Crippen molar-refractivity contribution in [3.05, 3.63) is 77.4 Å². The van der Waals surface area contributed by atoms with E-state index in [4.69, 9.17) is 0 Å². The number of nitrogens with one attached hydrogen (secondary N) is 1. The molecule has 2 nitrogen and oxygen atoms in total. The summed E-state index contributed by atoms with van der Waals surface area (Å²) in [6, 6.07) is 17.5. The van der Waals surface area contributed by atoms with Gasteiger partial charge in [-0.25, -0.2) is 0 Å². The van der Waals surface area contributed by atoms with Crippen LogP contribution in [0.3, 0.4) is 0 Å². The van der Waals surface area contributed by atoms with Crippen LogP contribution in [-0.2, 0) is 6.42 Å². The number of fused-ring (bicyclic) bond motifs is 1. The molecule has 2 aromatic rings. The number of hydrogen-bond donors (Lipinski definition) is 1. The first-order valence-corrected chi connectivity index (χ1v) is 6.49. The predicted molar refractivity (Wildman–Crippen MR) is 76.6 cm³/mol. The van der Waals surface area contributed by atoms with Gasteiger partial charge in [0.05, 0.1) is 0 Å². The van der Waals surface area contributed by atoms with Gasteiger partial charge in [-0.2, -0.15) is 0 Å². The second kappa shape index (κ2) is 5.11. The minimum absolute atomic E-state index is 0.0523. The maximum Gasteiger partial charge on any atom is 0.255 e. The fourth-order valence-electron chi connectivity index (χ4n) is 2.39. The van der Waals surface area contributed by atoms with Gasteiger partial charge in [-0.1, -0.05) is 48.5 Å². The molecule has 0 unspecified atom stereocenters. The number of rotatable bonds is 2. The Bertz CT molecular complexity index is 629. The van der Waals surface area contributed by atoms with Crippen LogP contribution < -0.4 is 5.32 Å². The molecule has 1 N–H and O–H groups in total. The average Bonchev–Trinajstić information content (AvgIpc) is 2.48. The average molecular weight is 249 g/mol. The highest BCUT2D eigenvalue weighted by Crippen LogP contribution is 2.24. The van der Waals surface area contributed by atoms with Gasteiger partial charge in [0.1, 0.15) is 0 Å². The maximum absolute atomic E-state index is 12.2. The number of aryl methyl sites for hydroxylation is 1. The molecule has 0 heterocycles. The number of carbonyl (C=O) groups is 1.